The van der Waals surface area contributed by atoms with Crippen LogP contribution in [0.15, 0.2) is 17.2 Å². The molecule has 98 valence electrons. The molecular formula is C12H16N2O4. The van der Waals surface area contributed by atoms with Crippen LogP contribution in [0.4, 0.5) is 0 Å². The van der Waals surface area contributed by atoms with Gasteiger partial charge in [-0.2, -0.15) is 0 Å². The topological polar surface area (TPSA) is 92.4 Å². The van der Waals surface area contributed by atoms with Gasteiger partial charge in [0.2, 0.25) is 5.91 Å². The largest absolute Gasteiger partial charge is 0.480 e. The molecule has 0 aliphatic carbocycles. The summed E-state index contributed by atoms with van der Waals surface area (Å²) in [5, 5.41) is 15.1. The maximum absolute atomic E-state index is 11.7. The van der Waals surface area contributed by atoms with E-state index < -0.39 is 12.0 Å². The summed E-state index contributed by atoms with van der Waals surface area (Å²) in [6.07, 6.45) is 1.69. The number of carbonyl (C=O) groups is 2. The van der Waals surface area contributed by atoms with Gasteiger partial charge in [0.05, 0.1) is 12.1 Å². The standard InChI is InChI=1S/C12H16N2O4/c1-4-5-10(12(16)17)13-11(15)6-9-7(2)14-18-8(9)3/h4,10H,1,5-6H2,2-3H3,(H,13,15)(H,16,17). The highest BCUT2D eigenvalue weighted by atomic mass is 16.5. The van der Waals surface area contributed by atoms with Crippen molar-refractivity contribution in [2.24, 2.45) is 0 Å². The Hall–Kier alpha value is -2.11. The lowest BCUT2D eigenvalue weighted by molar-refractivity contribution is -0.141. The third kappa shape index (κ3) is 3.44. The Bertz CT molecular complexity index is 445. The SMILES string of the molecule is C=CCC(NC(=O)Cc1c(C)noc1C)C(=O)O. The lowest BCUT2D eigenvalue weighted by Crippen LogP contribution is -2.41. The first-order chi connectivity index (χ1) is 8.45. The van der Waals surface area contributed by atoms with Gasteiger partial charge in [0.1, 0.15) is 11.8 Å². The van der Waals surface area contributed by atoms with Crippen LogP contribution in [0.25, 0.3) is 0 Å². The number of aryl methyl sites for hydroxylation is 2. The monoisotopic (exact) mass is 252 g/mol. The van der Waals surface area contributed by atoms with Crippen LogP contribution in [0.3, 0.4) is 0 Å². The molecule has 0 saturated heterocycles. The number of carboxylic acids is 1. The molecule has 0 fully saturated rings. The van der Waals surface area contributed by atoms with Gasteiger partial charge >= 0.3 is 5.97 Å². The molecule has 0 aliphatic heterocycles. The van der Waals surface area contributed by atoms with Crippen molar-refractivity contribution in [3.05, 3.63) is 29.7 Å². The smallest absolute Gasteiger partial charge is 0.326 e. The average Bonchev–Trinajstić information content (AvgIpc) is 2.60. The average molecular weight is 252 g/mol. The first kappa shape index (κ1) is 14.0. The predicted octanol–water partition coefficient (Wildman–Crippen LogP) is 0.979. The fraction of sp³-hybridized carbons (Fsp3) is 0.417. The van der Waals surface area contributed by atoms with Crippen molar-refractivity contribution < 1.29 is 19.2 Å². The number of amides is 1. The van der Waals surface area contributed by atoms with Gasteiger partial charge in [0.25, 0.3) is 0 Å². The van der Waals surface area contributed by atoms with E-state index in [-0.39, 0.29) is 18.7 Å². The fourth-order valence-electron chi connectivity index (χ4n) is 1.55. The molecule has 0 saturated carbocycles. The third-order valence-electron chi connectivity index (χ3n) is 2.55. The molecule has 0 aliphatic rings. The van der Waals surface area contributed by atoms with Crippen molar-refractivity contribution in [3.8, 4) is 0 Å². The first-order valence-corrected chi connectivity index (χ1v) is 5.50. The second kappa shape index (κ2) is 6.00. The van der Waals surface area contributed by atoms with E-state index in [4.69, 9.17) is 9.63 Å². The molecule has 0 bridgehead atoms. The van der Waals surface area contributed by atoms with Crippen LogP contribution in [0, 0.1) is 13.8 Å². The Morgan fingerprint density at radius 3 is 2.67 bits per heavy atom. The van der Waals surface area contributed by atoms with Crippen LogP contribution in [0.5, 0.6) is 0 Å². The highest BCUT2D eigenvalue weighted by Gasteiger charge is 2.20. The Balaban J connectivity index is 2.66. The van der Waals surface area contributed by atoms with E-state index >= 15 is 0 Å². The number of aromatic nitrogens is 1. The molecule has 0 spiro atoms. The predicted molar refractivity (Wildman–Crippen MR) is 64.1 cm³/mol. The van der Waals surface area contributed by atoms with Crippen LogP contribution in [-0.4, -0.2) is 28.2 Å². The van der Waals surface area contributed by atoms with E-state index in [9.17, 15) is 9.59 Å². The number of nitrogens with one attached hydrogen (secondary N) is 1. The second-order valence-corrected chi connectivity index (χ2v) is 3.96. The lowest BCUT2D eigenvalue weighted by Gasteiger charge is -2.12. The number of rotatable bonds is 6. The van der Waals surface area contributed by atoms with Crippen LogP contribution in [0.2, 0.25) is 0 Å². The summed E-state index contributed by atoms with van der Waals surface area (Å²) in [5.41, 5.74) is 1.33. The molecule has 6 nitrogen and oxygen atoms in total. The van der Waals surface area contributed by atoms with Crippen molar-refractivity contribution in [3.63, 3.8) is 0 Å². The Morgan fingerprint density at radius 2 is 2.22 bits per heavy atom. The van der Waals surface area contributed by atoms with Crippen molar-refractivity contribution >= 4 is 11.9 Å². The zero-order valence-corrected chi connectivity index (χ0v) is 10.4. The number of carbonyl (C=O) groups excluding carboxylic acids is 1. The van der Waals surface area contributed by atoms with Crippen molar-refractivity contribution in [1.82, 2.24) is 10.5 Å². The van der Waals surface area contributed by atoms with Crippen molar-refractivity contribution in [1.29, 1.82) is 0 Å². The molecule has 1 amide bonds. The normalized spacial score (nSPS) is 11.9. The summed E-state index contributed by atoms with van der Waals surface area (Å²) in [5.74, 6) is -0.890. The molecule has 0 radical (unpaired) electrons. The summed E-state index contributed by atoms with van der Waals surface area (Å²) in [7, 11) is 0. The summed E-state index contributed by atoms with van der Waals surface area (Å²) in [6, 6.07) is -0.949. The summed E-state index contributed by atoms with van der Waals surface area (Å²) < 4.78 is 4.93. The van der Waals surface area contributed by atoms with E-state index in [1.807, 2.05) is 0 Å². The molecule has 2 N–H and O–H groups in total. The molecule has 1 aromatic heterocycles. The molecule has 18 heavy (non-hydrogen) atoms. The molecule has 1 heterocycles. The van der Waals surface area contributed by atoms with Gasteiger partial charge in [-0.1, -0.05) is 11.2 Å². The maximum Gasteiger partial charge on any atom is 0.326 e. The van der Waals surface area contributed by atoms with Gasteiger partial charge < -0.3 is 14.9 Å². The highest BCUT2D eigenvalue weighted by molar-refractivity contribution is 5.85. The van der Waals surface area contributed by atoms with Crippen LogP contribution in [0.1, 0.15) is 23.4 Å². The molecule has 6 heteroatoms. The van der Waals surface area contributed by atoms with Crippen molar-refractivity contribution in [2.75, 3.05) is 0 Å². The Morgan fingerprint density at radius 1 is 1.56 bits per heavy atom. The van der Waals surface area contributed by atoms with Gasteiger partial charge in [0.15, 0.2) is 0 Å². The molecule has 1 atom stereocenters. The van der Waals surface area contributed by atoms with Crippen LogP contribution in [-0.2, 0) is 16.0 Å². The quantitative estimate of drug-likeness (QED) is 0.736. The van der Waals surface area contributed by atoms with E-state index in [2.05, 4.69) is 17.1 Å². The minimum Gasteiger partial charge on any atom is -0.480 e. The molecule has 1 rings (SSSR count). The van der Waals surface area contributed by atoms with Crippen molar-refractivity contribution in [2.45, 2.75) is 32.7 Å². The van der Waals surface area contributed by atoms with E-state index in [0.29, 0.717) is 17.0 Å². The Labute approximate surface area is 105 Å². The van der Waals surface area contributed by atoms with Gasteiger partial charge in [0, 0.05) is 5.56 Å². The van der Waals surface area contributed by atoms with E-state index in [1.54, 1.807) is 13.8 Å². The molecule has 1 aromatic rings. The zero-order valence-electron chi connectivity index (χ0n) is 10.4. The Kier molecular flexibility index (Phi) is 4.65. The second-order valence-electron chi connectivity index (χ2n) is 3.96. The van der Waals surface area contributed by atoms with Gasteiger partial charge in [-0.25, -0.2) is 4.79 Å². The third-order valence-corrected chi connectivity index (χ3v) is 2.55. The zero-order chi connectivity index (χ0) is 13.7. The van der Waals surface area contributed by atoms with Crippen LogP contribution >= 0.6 is 0 Å². The molecule has 0 aromatic carbocycles. The first-order valence-electron chi connectivity index (χ1n) is 5.50. The molecular weight excluding hydrogens is 236 g/mol. The van der Waals surface area contributed by atoms with E-state index in [1.165, 1.54) is 6.08 Å². The number of hydrogen-bond donors (Lipinski definition) is 2. The lowest BCUT2D eigenvalue weighted by atomic mass is 10.1. The number of aliphatic carboxylic acids is 1. The number of hydrogen-bond acceptors (Lipinski definition) is 4. The van der Waals surface area contributed by atoms with Gasteiger partial charge in [-0.3, -0.25) is 4.79 Å². The minimum atomic E-state index is -1.08. The van der Waals surface area contributed by atoms with Gasteiger partial charge in [-0.15, -0.1) is 6.58 Å². The van der Waals surface area contributed by atoms with Crippen LogP contribution < -0.4 is 5.32 Å². The highest BCUT2D eigenvalue weighted by Crippen LogP contribution is 2.12. The minimum absolute atomic E-state index is 0.0576. The summed E-state index contributed by atoms with van der Waals surface area (Å²) in [4.78, 5) is 22.6. The van der Waals surface area contributed by atoms with E-state index in [0.717, 1.165) is 0 Å². The van der Waals surface area contributed by atoms with Gasteiger partial charge in [-0.05, 0) is 20.3 Å². The molecule has 1 unspecified atom stereocenters. The number of nitrogens with zero attached hydrogens (tertiary/aromatic N) is 1. The summed E-state index contributed by atoms with van der Waals surface area (Å²) in [6.45, 7) is 6.90. The maximum atomic E-state index is 11.7. The fourth-order valence-corrected chi connectivity index (χ4v) is 1.55. The summed E-state index contributed by atoms with van der Waals surface area (Å²) >= 11 is 0. The number of carboxylic acid groups (broad SMARTS) is 1.